The van der Waals surface area contributed by atoms with E-state index in [1.807, 2.05) is 0 Å². The topological polar surface area (TPSA) is 153 Å². The summed E-state index contributed by atoms with van der Waals surface area (Å²) in [4.78, 5) is 30.5. The van der Waals surface area contributed by atoms with E-state index in [1.165, 1.54) is 6.92 Å². The Morgan fingerprint density at radius 1 is 1.21 bits per heavy atom. The van der Waals surface area contributed by atoms with Crippen molar-refractivity contribution in [2.75, 3.05) is 6.61 Å². The number of benzene rings is 1. The number of hydrogen-bond acceptors (Lipinski definition) is 8. The average molecular weight is 272 g/mol. The van der Waals surface area contributed by atoms with Crippen LogP contribution in [0.3, 0.4) is 0 Å². The Balaban J connectivity index is 3.63. The highest BCUT2D eigenvalue weighted by Gasteiger charge is 2.34. The van der Waals surface area contributed by atoms with Crippen LogP contribution in [0, 0.1) is 20.2 Å². The summed E-state index contributed by atoms with van der Waals surface area (Å²) in [6.45, 7) is 1.27. The summed E-state index contributed by atoms with van der Waals surface area (Å²) in [5.74, 6) is -3.68. The molecule has 1 aromatic rings. The second kappa shape index (κ2) is 5.16. The number of hydrogen-bond donors (Lipinski definition) is 2. The normalized spacial score (nSPS) is 9.95. The summed E-state index contributed by atoms with van der Waals surface area (Å²) >= 11 is 0. The zero-order chi connectivity index (χ0) is 14.7. The lowest BCUT2D eigenvalue weighted by Gasteiger charge is -2.07. The number of carbonyl (C=O) groups is 1. The van der Waals surface area contributed by atoms with Crippen LogP contribution in [-0.2, 0) is 4.74 Å². The smallest absolute Gasteiger partial charge is 0.346 e. The molecule has 0 aliphatic heterocycles. The number of carbonyl (C=O) groups excluding carboxylic acids is 1. The molecule has 0 aliphatic rings. The molecule has 0 bridgehead atoms. The molecule has 10 heteroatoms. The van der Waals surface area contributed by atoms with Crippen LogP contribution in [0.5, 0.6) is 11.5 Å². The van der Waals surface area contributed by atoms with Gasteiger partial charge in [-0.3, -0.25) is 20.2 Å². The molecule has 0 saturated carbocycles. The molecule has 0 aliphatic carbocycles. The number of nitro benzene ring substituents is 2. The first-order valence-electron chi connectivity index (χ1n) is 4.86. The number of ether oxygens (including phenoxy) is 1. The van der Waals surface area contributed by atoms with Crippen molar-refractivity contribution in [2.24, 2.45) is 0 Å². The maximum atomic E-state index is 11.4. The van der Waals surface area contributed by atoms with Gasteiger partial charge < -0.3 is 14.9 Å². The van der Waals surface area contributed by atoms with Gasteiger partial charge in [0.05, 0.1) is 16.5 Å². The van der Waals surface area contributed by atoms with Crippen LogP contribution in [0.25, 0.3) is 0 Å². The van der Waals surface area contributed by atoms with E-state index >= 15 is 0 Å². The highest BCUT2D eigenvalue weighted by atomic mass is 16.6. The highest BCUT2D eigenvalue weighted by Crippen LogP contribution is 2.42. The number of aromatic hydroxyl groups is 2. The van der Waals surface area contributed by atoms with E-state index in [2.05, 4.69) is 4.74 Å². The van der Waals surface area contributed by atoms with Crippen LogP contribution in [0.15, 0.2) is 6.07 Å². The van der Waals surface area contributed by atoms with Crippen molar-refractivity contribution in [2.45, 2.75) is 6.92 Å². The van der Waals surface area contributed by atoms with Gasteiger partial charge in [-0.1, -0.05) is 0 Å². The maximum Gasteiger partial charge on any atom is 0.346 e. The van der Waals surface area contributed by atoms with E-state index in [0.717, 1.165) is 0 Å². The average Bonchev–Trinajstić information content (AvgIpc) is 2.28. The Labute approximate surface area is 105 Å². The maximum absolute atomic E-state index is 11.4. The lowest BCUT2D eigenvalue weighted by Crippen LogP contribution is -2.08. The Morgan fingerprint density at radius 2 is 1.63 bits per heavy atom. The molecule has 0 saturated heterocycles. The molecule has 0 heterocycles. The van der Waals surface area contributed by atoms with Crippen molar-refractivity contribution in [3.63, 3.8) is 0 Å². The van der Waals surface area contributed by atoms with Gasteiger partial charge in [0.1, 0.15) is 6.07 Å². The largest absolute Gasteiger partial charge is 0.501 e. The first kappa shape index (κ1) is 14.2. The quantitative estimate of drug-likeness (QED) is 0.469. The van der Waals surface area contributed by atoms with Crippen LogP contribution in [0.4, 0.5) is 11.4 Å². The molecule has 0 unspecified atom stereocenters. The van der Waals surface area contributed by atoms with Crippen LogP contribution < -0.4 is 0 Å². The monoisotopic (exact) mass is 272 g/mol. The number of phenols is 2. The zero-order valence-electron chi connectivity index (χ0n) is 9.52. The van der Waals surface area contributed by atoms with Gasteiger partial charge in [0, 0.05) is 0 Å². The van der Waals surface area contributed by atoms with Crippen molar-refractivity contribution in [3.8, 4) is 11.5 Å². The molecule has 2 N–H and O–H groups in total. The fourth-order valence-electron chi connectivity index (χ4n) is 1.31. The zero-order valence-corrected chi connectivity index (χ0v) is 9.52. The molecule has 0 spiro atoms. The second-order valence-electron chi connectivity index (χ2n) is 3.22. The molecule has 0 amide bonds. The van der Waals surface area contributed by atoms with Crippen molar-refractivity contribution in [3.05, 3.63) is 31.9 Å². The van der Waals surface area contributed by atoms with E-state index in [1.54, 1.807) is 0 Å². The van der Waals surface area contributed by atoms with Crippen LogP contribution in [0.2, 0.25) is 0 Å². The van der Waals surface area contributed by atoms with Crippen molar-refractivity contribution < 1.29 is 29.6 Å². The van der Waals surface area contributed by atoms with Gasteiger partial charge >= 0.3 is 17.3 Å². The third-order valence-corrected chi connectivity index (χ3v) is 2.11. The number of rotatable bonds is 4. The Bertz CT molecular complexity index is 530. The Morgan fingerprint density at radius 3 is 1.95 bits per heavy atom. The van der Waals surface area contributed by atoms with Crippen molar-refractivity contribution in [1.29, 1.82) is 0 Å². The lowest BCUT2D eigenvalue weighted by atomic mass is 10.1. The fourth-order valence-corrected chi connectivity index (χ4v) is 1.31. The van der Waals surface area contributed by atoms with E-state index < -0.39 is 44.3 Å². The SMILES string of the molecule is CCOC(=O)c1c(O)c([N+](=O)[O-])cc([N+](=O)[O-])c1O. The number of nitrogens with zero attached hydrogens (tertiary/aromatic N) is 2. The Hall–Kier alpha value is -2.91. The molecule has 0 fully saturated rings. The molecule has 0 atom stereocenters. The fraction of sp³-hybridized carbons (Fsp3) is 0.222. The molecular formula is C9H8N2O8. The van der Waals surface area contributed by atoms with Crippen molar-refractivity contribution >= 4 is 17.3 Å². The van der Waals surface area contributed by atoms with Gasteiger partial charge in [-0.25, -0.2) is 4.79 Å². The minimum absolute atomic E-state index is 0.145. The molecular weight excluding hydrogens is 264 g/mol. The van der Waals surface area contributed by atoms with Gasteiger partial charge in [0.2, 0.25) is 11.5 Å². The molecule has 0 aromatic heterocycles. The molecule has 0 radical (unpaired) electrons. The summed E-state index contributed by atoms with van der Waals surface area (Å²) in [5, 5.41) is 40.3. The van der Waals surface area contributed by atoms with Crippen LogP contribution in [-0.4, -0.2) is 32.6 Å². The second-order valence-corrected chi connectivity index (χ2v) is 3.22. The number of phenolic OH excluding ortho intramolecular Hbond substituents is 2. The predicted octanol–water partition coefficient (Wildman–Crippen LogP) is 1.09. The Kier molecular flexibility index (Phi) is 3.85. The molecule has 19 heavy (non-hydrogen) atoms. The van der Waals surface area contributed by atoms with Gasteiger partial charge in [-0.2, -0.15) is 0 Å². The van der Waals surface area contributed by atoms with Gasteiger partial charge in [0.15, 0.2) is 5.56 Å². The van der Waals surface area contributed by atoms with Gasteiger partial charge in [-0.15, -0.1) is 0 Å². The predicted molar refractivity (Wildman–Crippen MR) is 59.0 cm³/mol. The van der Waals surface area contributed by atoms with E-state index in [4.69, 9.17) is 0 Å². The number of esters is 1. The first-order valence-corrected chi connectivity index (χ1v) is 4.86. The molecule has 1 rings (SSSR count). The van der Waals surface area contributed by atoms with Crippen LogP contribution >= 0.6 is 0 Å². The van der Waals surface area contributed by atoms with Gasteiger partial charge in [0.25, 0.3) is 0 Å². The van der Waals surface area contributed by atoms with E-state index in [9.17, 15) is 35.2 Å². The minimum atomic E-state index is -1.30. The third kappa shape index (κ3) is 2.51. The van der Waals surface area contributed by atoms with Gasteiger partial charge in [-0.05, 0) is 6.92 Å². The van der Waals surface area contributed by atoms with E-state index in [0.29, 0.717) is 6.07 Å². The highest BCUT2D eigenvalue weighted by molar-refractivity contribution is 5.98. The summed E-state index contributed by atoms with van der Waals surface area (Å²) in [6, 6.07) is 0.355. The van der Waals surface area contributed by atoms with Crippen molar-refractivity contribution in [1.82, 2.24) is 0 Å². The molecule has 10 nitrogen and oxygen atoms in total. The molecule has 102 valence electrons. The summed E-state index contributed by atoms with van der Waals surface area (Å²) in [7, 11) is 0. The third-order valence-electron chi connectivity index (χ3n) is 2.11. The number of nitro groups is 2. The first-order chi connectivity index (χ1) is 8.81. The molecule has 1 aromatic carbocycles. The minimum Gasteiger partial charge on any atom is -0.501 e. The summed E-state index contributed by atoms with van der Waals surface area (Å²) in [6.07, 6.45) is 0. The van der Waals surface area contributed by atoms with E-state index in [-0.39, 0.29) is 6.61 Å². The lowest BCUT2D eigenvalue weighted by molar-refractivity contribution is -0.395. The summed E-state index contributed by atoms with van der Waals surface area (Å²) < 4.78 is 4.45. The standard InChI is InChI=1S/C9H8N2O8/c1-2-19-9(14)6-7(12)4(10(15)16)3-5(8(6)13)11(17)18/h3,12-13H,2H2,1H3. The summed E-state index contributed by atoms with van der Waals surface area (Å²) in [5.41, 5.74) is -3.16. The van der Waals surface area contributed by atoms with Crippen LogP contribution in [0.1, 0.15) is 17.3 Å².